The van der Waals surface area contributed by atoms with Gasteiger partial charge in [0.15, 0.2) is 0 Å². The monoisotopic (exact) mass is 267 g/mol. The molecule has 2 nitrogen and oxygen atoms in total. The van der Waals surface area contributed by atoms with Crippen molar-refractivity contribution in [2.75, 3.05) is 13.7 Å². The molecular weight excluding hydrogens is 246 g/mol. The number of hydrogen-bond donors (Lipinski definition) is 1. The molecule has 1 heterocycles. The van der Waals surface area contributed by atoms with Crippen molar-refractivity contribution in [2.45, 2.75) is 44.2 Å². The normalized spacial score (nSPS) is 25.9. The van der Waals surface area contributed by atoms with E-state index in [4.69, 9.17) is 16.3 Å². The molecule has 0 saturated carbocycles. The lowest BCUT2D eigenvalue weighted by atomic mass is 9.85. The molecule has 1 aliphatic rings. The van der Waals surface area contributed by atoms with Crippen molar-refractivity contribution < 1.29 is 4.74 Å². The van der Waals surface area contributed by atoms with Gasteiger partial charge in [-0.05, 0) is 51.3 Å². The fourth-order valence-corrected chi connectivity index (χ4v) is 2.95. The zero-order chi connectivity index (χ0) is 13.0. The summed E-state index contributed by atoms with van der Waals surface area (Å²) in [6.07, 6.45) is 4.45. The average molecular weight is 268 g/mol. The molecule has 0 bridgehead atoms. The maximum Gasteiger partial charge on any atom is 0.0809 e. The number of likely N-dealkylation sites (N-methyl/N-ethyl adjacent to an activating group) is 1. The van der Waals surface area contributed by atoms with Crippen LogP contribution in [0.5, 0.6) is 0 Å². The summed E-state index contributed by atoms with van der Waals surface area (Å²) in [5.74, 6) is 0. The number of nitrogens with one attached hydrogen (secondary N) is 1. The molecule has 1 fully saturated rings. The van der Waals surface area contributed by atoms with Crippen LogP contribution in [0.2, 0.25) is 5.02 Å². The van der Waals surface area contributed by atoms with Gasteiger partial charge in [-0.25, -0.2) is 0 Å². The Morgan fingerprint density at radius 1 is 1.39 bits per heavy atom. The Hall–Kier alpha value is -0.570. The minimum absolute atomic E-state index is 0.0772. The molecule has 1 N–H and O–H groups in total. The minimum atomic E-state index is -0.0772. The second-order valence-electron chi connectivity index (χ2n) is 5.26. The van der Waals surface area contributed by atoms with Crippen LogP contribution in [0, 0.1) is 0 Å². The van der Waals surface area contributed by atoms with E-state index in [0.29, 0.717) is 6.04 Å². The summed E-state index contributed by atoms with van der Waals surface area (Å²) < 4.78 is 6.02. The first-order valence-corrected chi connectivity index (χ1v) is 7.08. The van der Waals surface area contributed by atoms with Gasteiger partial charge < -0.3 is 10.1 Å². The summed E-state index contributed by atoms with van der Waals surface area (Å²) in [4.78, 5) is 0. The number of rotatable bonds is 4. The molecule has 0 aromatic heterocycles. The summed E-state index contributed by atoms with van der Waals surface area (Å²) in [7, 11) is 2.00. The highest BCUT2D eigenvalue weighted by Gasteiger charge is 2.36. The van der Waals surface area contributed by atoms with E-state index in [9.17, 15) is 0 Å². The molecule has 1 aromatic carbocycles. The molecule has 2 rings (SSSR count). The van der Waals surface area contributed by atoms with Crippen molar-refractivity contribution >= 4 is 11.6 Å². The summed E-state index contributed by atoms with van der Waals surface area (Å²) in [5.41, 5.74) is 1.11. The molecule has 0 radical (unpaired) electrons. The SMILES string of the molecule is CNC(Cc1ccccc1Cl)C1(C)CCCCO1. The lowest BCUT2D eigenvalue weighted by Gasteiger charge is -2.40. The van der Waals surface area contributed by atoms with Crippen LogP contribution in [-0.2, 0) is 11.2 Å². The van der Waals surface area contributed by atoms with Crippen molar-refractivity contribution in [1.29, 1.82) is 0 Å². The molecule has 2 atom stereocenters. The van der Waals surface area contributed by atoms with Crippen LogP contribution in [0.3, 0.4) is 0 Å². The van der Waals surface area contributed by atoms with Crippen LogP contribution in [0.25, 0.3) is 0 Å². The van der Waals surface area contributed by atoms with E-state index in [2.05, 4.69) is 18.3 Å². The predicted octanol–water partition coefficient (Wildman–Crippen LogP) is 3.43. The Morgan fingerprint density at radius 3 is 2.78 bits per heavy atom. The van der Waals surface area contributed by atoms with E-state index in [1.54, 1.807) is 0 Å². The fraction of sp³-hybridized carbons (Fsp3) is 0.600. The van der Waals surface area contributed by atoms with Gasteiger partial charge in [0.05, 0.1) is 5.60 Å². The van der Waals surface area contributed by atoms with Gasteiger partial charge in [-0.3, -0.25) is 0 Å². The lowest BCUT2D eigenvalue weighted by molar-refractivity contribution is -0.0870. The van der Waals surface area contributed by atoms with Gasteiger partial charge in [-0.15, -0.1) is 0 Å². The van der Waals surface area contributed by atoms with Gasteiger partial charge in [0.1, 0.15) is 0 Å². The quantitative estimate of drug-likeness (QED) is 0.903. The first-order chi connectivity index (χ1) is 8.65. The van der Waals surface area contributed by atoms with Crippen molar-refractivity contribution in [1.82, 2.24) is 5.32 Å². The molecule has 1 aliphatic heterocycles. The third-order valence-electron chi connectivity index (χ3n) is 3.97. The van der Waals surface area contributed by atoms with Crippen molar-refractivity contribution in [2.24, 2.45) is 0 Å². The van der Waals surface area contributed by atoms with Crippen LogP contribution < -0.4 is 5.32 Å². The summed E-state index contributed by atoms with van der Waals surface area (Å²) in [6.45, 7) is 3.08. The lowest BCUT2D eigenvalue weighted by Crippen LogP contribution is -2.52. The second-order valence-corrected chi connectivity index (χ2v) is 5.66. The number of hydrogen-bond acceptors (Lipinski definition) is 2. The van der Waals surface area contributed by atoms with Crippen LogP contribution in [-0.4, -0.2) is 25.3 Å². The smallest absolute Gasteiger partial charge is 0.0809 e. The van der Waals surface area contributed by atoms with E-state index in [-0.39, 0.29) is 5.60 Å². The maximum atomic E-state index is 6.24. The number of ether oxygens (including phenoxy) is 1. The average Bonchev–Trinajstić information content (AvgIpc) is 2.38. The Bertz CT molecular complexity index is 388. The standard InChI is InChI=1S/C15H22ClNO/c1-15(9-5-6-10-18-15)14(17-2)11-12-7-3-4-8-13(12)16/h3-4,7-8,14,17H,5-6,9-11H2,1-2H3. The van der Waals surface area contributed by atoms with Crippen LogP contribution >= 0.6 is 11.6 Å². The number of benzene rings is 1. The largest absolute Gasteiger partial charge is 0.374 e. The summed E-state index contributed by atoms with van der Waals surface area (Å²) in [5, 5.41) is 4.25. The molecule has 3 heteroatoms. The number of halogens is 1. The molecule has 2 unspecified atom stereocenters. The van der Waals surface area contributed by atoms with E-state index >= 15 is 0 Å². The third-order valence-corrected chi connectivity index (χ3v) is 4.34. The molecule has 1 saturated heterocycles. The second kappa shape index (κ2) is 6.05. The van der Waals surface area contributed by atoms with Crippen molar-refractivity contribution in [3.05, 3.63) is 34.9 Å². The highest BCUT2D eigenvalue weighted by atomic mass is 35.5. The van der Waals surface area contributed by atoms with Crippen LogP contribution in [0.15, 0.2) is 24.3 Å². The molecular formula is C15H22ClNO. The molecule has 100 valence electrons. The minimum Gasteiger partial charge on any atom is -0.374 e. The van der Waals surface area contributed by atoms with Gasteiger partial charge in [0.2, 0.25) is 0 Å². The first-order valence-electron chi connectivity index (χ1n) is 6.70. The molecule has 18 heavy (non-hydrogen) atoms. The van der Waals surface area contributed by atoms with Gasteiger partial charge in [-0.1, -0.05) is 29.8 Å². The Balaban J connectivity index is 2.11. The van der Waals surface area contributed by atoms with Gasteiger partial charge in [0.25, 0.3) is 0 Å². The molecule has 0 aliphatic carbocycles. The van der Waals surface area contributed by atoms with E-state index < -0.39 is 0 Å². The molecule has 1 aromatic rings. The van der Waals surface area contributed by atoms with Crippen LogP contribution in [0.4, 0.5) is 0 Å². The third kappa shape index (κ3) is 3.05. The van der Waals surface area contributed by atoms with Crippen LogP contribution in [0.1, 0.15) is 31.7 Å². The van der Waals surface area contributed by atoms with E-state index in [0.717, 1.165) is 24.5 Å². The zero-order valence-corrected chi connectivity index (χ0v) is 12.0. The van der Waals surface area contributed by atoms with Gasteiger partial charge in [-0.2, -0.15) is 0 Å². The predicted molar refractivity (Wildman–Crippen MR) is 76.2 cm³/mol. The fourth-order valence-electron chi connectivity index (χ4n) is 2.74. The van der Waals surface area contributed by atoms with Gasteiger partial charge in [0, 0.05) is 17.7 Å². The van der Waals surface area contributed by atoms with Crippen molar-refractivity contribution in [3.63, 3.8) is 0 Å². The first kappa shape index (κ1) is 13.9. The van der Waals surface area contributed by atoms with E-state index in [1.165, 1.54) is 18.4 Å². The Kier molecular flexibility index (Phi) is 4.66. The summed E-state index contributed by atoms with van der Waals surface area (Å²) in [6, 6.07) is 8.36. The highest BCUT2D eigenvalue weighted by molar-refractivity contribution is 6.31. The zero-order valence-electron chi connectivity index (χ0n) is 11.2. The van der Waals surface area contributed by atoms with Crippen molar-refractivity contribution in [3.8, 4) is 0 Å². The highest BCUT2D eigenvalue weighted by Crippen LogP contribution is 2.30. The van der Waals surface area contributed by atoms with Gasteiger partial charge >= 0.3 is 0 Å². The molecule has 0 amide bonds. The van der Waals surface area contributed by atoms with E-state index in [1.807, 2.05) is 25.2 Å². The summed E-state index contributed by atoms with van der Waals surface area (Å²) >= 11 is 6.24. The Labute approximate surface area is 115 Å². The topological polar surface area (TPSA) is 21.3 Å². The Morgan fingerprint density at radius 2 is 2.17 bits per heavy atom. The molecule has 0 spiro atoms. The maximum absolute atomic E-state index is 6.24.